The molecule has 0 aliphatic carbocycles. The van der Waals surface area contributed by atoms with Crippen LogP contribution in [-0.4, -0.2) is 6.54 Å². The predicted octanol–water partition coefficient (Wildman–Crippen LogP) is 4.20. The van der Waals surface area contributed by atoms with Crippen LogP contribution in [0.1, 0.15) is 35.2 Å². The van der Waals surface area contributed by atoms with Gasteiger partial charge < -0.3 is 5.32 Å². The van der Waals surface area contributed by atoms with E-state index in [1.54, 1.807) is 0 Å². The summed E-state index contributed by atoms with van der Waals surface area (Å²) in [6, 6.07) is 17.7. The summed E-state index contributed by atoms with van der Waals surface area (Å²) in [5, 5.41) is 3.63. The number of likely N-dealkylation sites (N-methyl/N-ethyl adjacent to an activating group) is 1. The van der Waals surface area contributed by atoms with Crippen molar-refractivity contribution < 1.29 is 0 Å². The smallest absolute Gasteiger partial charge is 0.0366 e. The van der Waals surface area contributed by atoms with Crippen molar-refractivity contribution in [3.63, 3.8) is 0 Å². The molecular weight excluding hydrogens is 230 g/mol. The largest absolute Gasteiger partial charge is 0.310 e. The summed E-state index contributed by atoms with van der Waals surface area (Å²) < 4.78 is 0. The summed E-state index contributed by atoms with van der Waals surface area (Å²) in [6.07, 6.45) is 1.04. The van der Waals surface area contributed by atoms with Gasteiger partial charge in [0.2, 0.25) is 0 Å². The minimum atomic E-state index is 0.397. The molecule has 0 saturated carbocycles. The van der Waals surface area contributed by atoms with Crippen molar-refractivity contribution in [1.29, 1.82) is 0 Å². The van der Waals surface area contributed by atoms with Crippen molar-refractivity contribution in [2.45, 2.75) is 33.2 Å². The van der Waals surface area contributed by atoms with Crippen LogP contribution in [0, 0.1) is 13.8 Å². The summed E-state index contributed by atoms with van der Waals surface area (Å²) in [6.45, 7) is 7.58. The Kier molecular flexibility index (Phi) is 4.75. The molecule has 0 spiro atoms. The van der Waals surface area contributed by atoms with Crippen molar-refractivity contribution in [3.8, 4) is 0 Å². The van der Waals surface area contributed by atoms with Crippen LogP contribution < -0.4 is 5.32 Å². The van der Waals surface area contributed by atoms with Crippen molar-refractivity contribution in [3.05, 3.63) is 70.8 Å². The summed E-state index contributed by atoms with van der Waals surface area (Å²) in [5.41, 5.74) is 5.59. The van der Waals surface area contributed by atoms with Crippen LogP contribution in [0.15, 0.2) is 48.5 Å². The van der Waals surface area contributed by atoms with Crippen LogP contribution in [0.2, 0.25) is 0 Å². The third-order valence-corrected chi connectivity index (χ3v) is 3.62. The second-order valence-corrected chi connectivity index (χ2v) is 5.11. The normalized spacial score (nSPS) is 12.4. The van der Waals surface area contributed by atoms with Gasteiger partial charge in [0, 0.05) is 6.04 Å². The molecule has 1 unspecified atom stereocenters. The highest BCUT2D eigenvalue weighted by molar-refractivity contribution is 5.37. The fraction of sp³-hybridized carbons (Fsp3) is 0.333. The van der Waals surface area contributed by atoms with Crippen LogP contribution in [0.3, 0.4) is 0 Å². The Morgan fingerprint density at radius 3 is 2.11 bits per heavy atom. The summed E-state index contributed by atoms with van der Waals surface area (Å²) in [5.74, 6) is 0. The predicted molar refractivity (Wildman–Crippen MR) is 82.5 cm³/mol. The molecule has 100 valence electrons. The molecule has 0 radical (unpaired) electrons. The zero-order valence-corrected chi connectivity index (χ0v) is 12.1. The van der Waals surface area contributed by atoms with E-state index in [-0.39, 0.29) is 0 Å². The van der Waals surface area contributed by atoms with Crippen LogP contribution in [-0.2, 0) is 6.42 Å². The Balaban J connectivity index is 2.30. The zero-order valence-electron chi connectivity index (χ0n) is 12.1. The molecule has 2 rings (SSSR count). The fourth-order valence-corrected chi connectivity index (χ4v) is 2.75. The molecule has 0 aromatic heterocycles. The molecule has 0 bridgehead atoms. The van der Waals surface area contributed by atoms with Crippen LogP contribution in [0.4, 0.5) is 0 Å². The molecule has 1 atom stereocenters. The molecule has 0 fully saturated rings. The standard InChI is InChI=1S/C18H23N/c1-4-19-17(13-16-11-6-5-7-12-16)18-14(2)9-8-10-15(18)3/h5-12,17,19H,4,13H2,1-3H3. The lowest BCUT2D eigenvalue weighted by molar-refractivity contribution is 0.545. The SMILES string of the molecule is CCNC(Cc1ccccc1)c1c(C)cccc1C. The molecule has 1 N–H and O–H groups in total. The van der Waals surface area contributed by atoms with Gasteiger partial charge in [-0.3, -0.25) is 0 Å². The number of rotatable bonds is 5. The molecule has 0 saturated heterocycles. The highest BCUT2D eigenvalue weighted by Gasteiger charge is 2.15. The molecule has 1 heteroatoms. The van der Waals surface area contributed by atoms with E-state index in [0.29, 0.717) is 6.04 Å². The van der Waals surface area contributed by atoms with Gasteiger partial charge in [0.15, 0.2) is 0 Å². The molecule has 0 aliphatic rings. The van der Waals surface area contributed by atoms with Gasteiger partial charge in [0.1, 0.15) is 0 Å². The molecule has 2 aromatic carbocycles. The Hall–Kier alpha value is -1.60. The van der Waals surface area contributed by atoms with Gasteiger partial charge in [-0.2, -0.15) is 0 Å². The van der Waals surface area contributed by atoms with E-state index >= 15 is 0 Å². The fourth-order valence-electron chi connectivity index (χ4n) is 2.75. The first kappa shape index (κ1) is 13.8. The van der Waals surface area contributed by atoms with Crippen LogP contribution in [0.5, 0.6) is 0 Å². The Labute approximate surface area is 116 Å². The minimum absolute atomic E-state index is 0.397. The topological polar surface area (TPSA) is 12.0 Å². The number of nitrogens with one attached hydrogen (secondary N) is 1. The van der Waals surface area contributed by atoms with E-state index in [1.165, 1.54) is 22.3 Å². The number of hydrogen-bond acceptors (Lipinski definition) is 1. The maximum atomic E-state index is 3.63. The lowest BCUT2D eigenvalue weighted by atomic mass is 9.92. The Morgan fingerprint density at radius 2 is 1.53 bits per heavy atom. The van der Waals surface area contributed by atoms with E-state index in [9.17, 15) is 0 Å². The molecule has 19 heavy (non-hydrogen) atoms. The van der Waals surface area contributed by atoms with E-state index in [0.717, 1.165) is 13.0 Å². The quantitative estimate of drug-likeness (QED) is 0.842. The van der Waals surface area contributed by atoms with E-state index < -0.39 is 0 Å². The average Bonchev–Trinajstić information content (AvgIpc) is 2.40. The Bertz CT molecular complexity index is 496. The highest BCUT2D eigenvalue weighted by atomic mass is 14.9. The zero-order chi connectivity index (χ0) is 13.7. The first-order chi connectivity index (χ1) is 9.22. The first-order valence-electron chi connectivity index (χ1n) is 7.05. The maximum Gasteiger partial charge on any atom is 0.0366 e. The lowest BCUT2D eigenvalue weighted by Gasteiger charge is -2.22. The third kappa shape index (κ3) is 3.45. The van der Waals surface area contributed by atoms with Crippen LogP contribution in [0.25, 0.3) is 0 Å². The third-order valence-electron chi connectivity index (χ3n) is 3.62. The van der Waals surface area contributed by atoms with Gasteiger partial charge in [-0.1, -0.05) is 55.5 Å². The second-order valence-electron chi connectivity index (χ2n) is 5.11. The van der Waals surface area contributed by atoms with Crippen molar-refractivity contribution in [1.82, 2.24) is 5.32 Å². The molecular formula is C18H23N. The summed E-state index contributed by atoms with van der Waals surface area (Å²) in [7, 11) is 0. The molecule has 0 amide bonds. The van der Waals surface area contributed by atoms with Gasteiger partial charge in [-0.05, 0) is 49.1 Å². The molecule has 1 nitrogen and oxygen atoms in total. The summed E-state index contributed by atoms with van der Waals surface area (Å²) in [4.78, 5) is 0. The lowest BCUT2D eigenvalue weighted by Crippen LogP contribution is -2.24. The number of aryl methyl sites for hydroxylation is 2. The maximum absolute atomic E-state index is 3.63. The Morgan fingerprint density at radius 1 is 0.895 bits per heavy atom. The van der Waals surface area contributed by atoms with Gasteiger partial charge >= 0.3 is 0 Å². The van der Waals surface area contributed by atoms with Crippen molar-refractivity contribution in [2.75, 3.05) is 6.54 Å². The van der Waals surface area contributed by atoms with Gasteiger partial charge in [-0.25, -0.2) is 0 Å². The molecule has 2 aromatic rings. The van der Waals surface area contributed by atoms with E-state index in [2.05, 4.69) is 74.6 Å². The summed E-state index contributed by atoms with van der Waals surface area (Å²) >= 11 is 0. The minimum Gasteiger partial charge on any atom is -0.310 e. The van der Waals surface area contributed by atoms with Gasteiger partial charge in [0.25, 0.3) is 0 Å². The van der Waals surface area contributed by atoms with Gasteiger partial charge in [0.05, 0.1) is 0 Å². The van der Waals surface area contributed by atoms with Crippen molar-refractivity contribution in [2.24, 2.45) is 0 Å². The second kappa shape index (κ2) is 6.53. The van der Waals surface area contributed by atoms with E-state index in [4.69, 9.17) is 0 Å². The average molecular weight is 253 g/mol. The first-order valence-corrected chi connectivity index (χ1v) is 7.05. The van der Waals surface area contributed by atoms with Gasteiger partial charge in [-0.15, -0.1) is 0 Å². The van der Waals surface area contributed by atoms with Crippen molar-refractivity contribution >= 4 is 0 Å². The van der Waals surface area contributed by atoms with Crippen LogP contribution >= 0.6 is 0 Å². The number of hydrogen-bond donors (Lipinski definition) is 1. The van der Waals surface area contributed by atoms with E-state index in [1.807, 2.05) is 0 Å². The molecule has 0 aliphatic heterocycles. The monoisotopic (exact) mass is 253 g/mol. The highest BCUT2D eigenvalue weighted by Crippen LogP contribution is 2.25. The molecule has 0 heterocycles. The number of benzene rings is 2.